The number of hydrogen-bond donors (Lipinski definition) is 1. The van der Waals surface area contributed by atoms with E-state index < -0.39 is 6.10 Å². The number of fused-ring (bicyclic) bond motifs is 1. The molecular formula is C19H20N2O4. The van der Waals surface area contributed by atoms with Gasteiger partial charge in [-0.3, -0.25) is 4.79 Å². The molecule has 2 aliphatic heterocycles. The summed E-state index contributed by atoms with van der Waals surface area (Å²) < 4.78 is 16.7. The average molecular weight is 340 g/mol. The van der Waals surface area contributed by atoms with Gasteiger partial charge in [0.05, 0.1) is 13.2 Å². The Morgan fingerprint density at radius 3 is 2.48 bits per heavy atom. The third-order valence-electron chi connectivity index (χ3n) is 4.31. The second-order valence-electron chi connectivity index (χ2n) is 6.00. The van der Waals surface area contributed by atoms with Crippen LogP contribution < -0.4 is 19.7 Å². The number of rotatable bonds is 3. The monoisotopic (exact) mass is 340 g/mol. The molecule has 0 radical (unpaired) electrons. The summed E-state index contributed by atoms with van der Waals surface area (Å²) >= 11 is 0. The highest BCUT2D eigenvalue weighted by atomic mass is 16.6. The topological polar surface area (TPSA) is 60.0 Å². The third kappa shape index (κ3) is 3.53. The van der Waals surface area contributed by atoms with Crippen LogP contribution in [0.15, 0.2) is 48.5 Å². The lowest BCUT2D eigenvalue weighted by Gasteiger charge is -2.29. The first-order valence-corrected chi connectivity index (χ1v) is 8.42. The maximum absolute atomic E-state index is 12.4. The van der Waals surface area contributed by atoms with Gasteiger partial charge in [-0.15, -0.1) is 0 Å². The van der Waals surface area contributed by atoms with Crippen LogP contribution in [0.1, 0.15) is 0 Å². The van der Waals surface area contributed by atoms with Crippen molar-refractivity contribution in [1.29, 1.82) is 0 Å². The first-order valence-electron chi connectivity index (χ1n) is 8.42. The Bertz CT molecular complexity index is 741. The number of benzene rings is 2. The fourth-order valence-corrected chi connectivity index (χ4v) is 2.95. The van der Waals surface area contributed by atoms with E-state index in [4.69, 9.17) is 14.2 Å². The summed E-state index contributed by atoms with van der Waals surface area (Å²) in [6.07, 6.45) is -0.659. The van der Waals surface area contributed by atoms with Crippen LogP contribution in [-0.4, -0.2) is 44.9 Å². The molecule has 4 rings (SSSR count). The summed E-state index contributed by atoms with van der Waals surface area (Å²) in [4.78, 5) is 14.7. The minimum absolute atomic E-state index is 0.203. The number of nitrogens with one attached hydrogen (secondary N) is 1. The molecule has 6 heteroatoms. The first kappa shape index (κ1) is 15.8. The normalized spacial score (nSPS) is 19.4. The minimum atomic E-state index is -0.659. The number of hydrogen-bond acceptors (Lipinski definition) is 5. The quantitative estimate of drug-likeness (QED) is 0.929. The lowest BCUT2D eigenvalue weighted by atomic mass is 10.2. The van der Waals surface area contributed by atoms with Crippen LogP contribution in [-0.2, 0) is 9.53 Å². The molecule has 1 N–H and O–H groups in total. The molecule has 0 saturated carbocycles. The Kier molecular flexibility index (Phi) is 4.43. The summed E-state index contributed by atoms with van der Waals surface area (Å²) in [5.41, 5.74) is 1.87. The van der Waals surface area contributed by atoms with Crippen LogP contribution in [0.4, 0.5) is 11.4 Å². The SMILES string of the molecule is O=C(Nc1ccc(N2CCOCC2)cc1)[C@@H]1COc2ccccc2O1. The molecule has 0 bridgehead atoms. The van der Waals surface area contributed by atoms with Crippen LogP contribution >= 0.6 is 0 Å². The molecule has 0 unspecified atom stereocenters. The maximum atomic E-state index is 12.4. The van der Waals surface area contributed by atoms with Crippen molar-refractivity contribution >= 4 is 17.3 Å². The second-order valence-corrected chi connectivity index (χ2v) is 6.00. The van der Waals surface area contributed by atoms with E-state index in [0.29, 0.717) is 11.5 Å². The van der Waals surface area contributed by atoms with Crippen LogP contribution in [0.25, 0.3) is 0 Å². The van der Waals surface area contributed by atoms with E-state index in [9.17, 15) is 4.79 Å². The summed E-state index contributed by atoms with van der Waals surface area (Å²) in [6.45, 7) is 3.48. The minimum Gasteiger partial charge on any atom is -0.485 e. The third-order valence-corrected chi connectivity index (χ3v) is 4.31. The maximum Gasteiger partial charge on any atom is 0.269 e. The molecule has 6 nitrogen and oxygen atoms in total. The van der Waals surface area contributed by atoms with Crippen molar-refractivity contribution in [2.24, 2.45) is 0 Å². The molecule has 0 spiro atoms. The van der Waals surface area contributed by atoms with Crippen LogP contribution in [0, 0.1) is 0 Å². The zero-order valence-corrected chi connectivity index (χ0v) is 13.8. The Balaban J connectivity index is 1.38. The summed E-state index contributed by atoms with van der Waals surface area (Å²) in [7, 11) is 0. The number of carbonyl (C=O) groups excluding carboxylic acids is 1. The van der Waals surface area contributed by atoms with Crippen molar-refractivity contribution < 1.29 is 19.0 Å². The second kappa shape index (κ2) is 7.03. The van der Waals surface area contributed by atoms with Gasteiger partial charge in [-0.25, -0.2) is 0 Å². The molecule has 1 amide bonds. The Morgan fingerprint density at radius 2 is 1.72 bits per heavy atom. The number of amides is 1. The van der Waals surface area contributed by atoms with E-state index in [2.05, 4.69) is 10.2 Å². The summed E-state index contributed by atoms with van der Waals surface area (Å²) in [5, 5.41) is 2.89. The molecule has 130 valence electrons. The molecule has 1 fully saturated rings. The highest BCUT2D eigenvalue weighted by molar-refractivity contribution is 5.94. The van der Waals surface area contributed by atoms with Gasteiger partial charge < -0.3 is 24.4 Å². The van der Waals surface area contributed by atoms with E-state index in [0.717, 1.165) is 37.7 Å². The molecule has 0 aromatic heterocycles. The predicted molar refractivity (Wildman–Crippen MR) is 94.5 cm³/mol. The van der Waals surface area contributed by atoms with Crippen molar-refractivity contribution in [1.82, 2.24) is 0 Å². The van der Waals surface area contributed by atoms with Gasteiger partial charge in [-0.1, -0.05) is 12.1 Å². The number of para-hydroxylation sites is 2. The number of nitrogens with zero attached hydrogens (tertiary/aromatic N) is 1. The largest absolute Gasteiger partial charge is 0.485 e. The Hall–Kier alpha value is -2.73. The van der Waals surface area contributed by atoms with Crippen LogP contribution in [0.2, 0.25) is 0 Å². The lowest BCUT2D eigenvalue weighted by Crippen LogP contribution is -2.40. The fraction of sp³-hybridized carbons (Fsp3) is 0.316. The molecule has 25 heavy (non-hydrogen) atoms. The molecule has 2 aromatic rings. The van der Waals surface area contributed by atoms with Crippen LogP contribution in [0.5, 0.6) is 11.5 Å². The molecule has 2 aromatic carbocycles. The Morgan fingerprint density at radius 1 is 1.00 bits per heavy atom. The van der Waals surface area contributed by atoms with Gasteiger partial charge in [0.1, 0.15) is 6.61 Å². The van der Waals surface area contributed by atoms with Crippen molar-refractivity contribution in [2.45, 2.75) is 6.10 Å². The van der Waals surface area contributed by atoms with Crippen LogP contribution in [0.3, 0.4) is 0 Å². The summed E-state index contributed by atoms with van der Waals surface area (Å²) in [6, 6.07) is 15.2. The molecular weight excluding hydrogens is 320 g/mol. The fourth-order valence-electron chi connectivity index (χ4n) is 2.95. The standard InChI is InChI=1S/C19H20N2O4/c22-19(18-13-24-16-3-1-2-4-17(16)25-18)20-14-5-7-15(8-6-14)21-9-11-23-12-10-21/h1-8,18H,9-13H2,(H,20,22)/t18-/m0/s1. The van der Waals surface area contributed by atoms with E-state index in [1.807, 2.05) is 42.5 Å². The lowest BCUT2D eigenvalue weighted by molar-refractivity contribution is -0.125. The van der Waals surface area contributed by atoms with Gasteiger partial charge in [0, 0.05) is 24.5 Å². The van der Waals surface area contributed by atoms with Gasteiger partial charge in [0.15, 0.2) is 11.5 Å². The van der Waals surface area contributed by atoms with Gasteiger partial charge in [0.25, 0.3) is 5.91 Å². The molecule has 1 saturated heterocycles. The molecule has 2 heterocycles. The number of carbonyl (C=O) groups is 1. The van der Waals surface area contributed by atoms with E-state index in [1.54, 1.807) is 6.07 Å². The molecule has 0 aliphatic carbocycles. The number of ether oxygens (including phenoxy) is 3. The van der Waals surface area contributed by atoms with Crippen molar-refractivity contribution in [3.63, 3.8) is 0 Å². The first-order chi connectivity index (χ1) is 12.3. The van der Waals surface area contributed by atoms with Gasteiger partial charge in [-0.2, -0.15) is 0 Å². The van der Waals surface area contributed by atoms with E-state index in [1.165, 1.54) is 0 Å². The predicted octanol–water partition coefficient (Wildman–Crippen LogP) is 2.30. The highest BCUT2D eigenvalue weighted by Crippen LogP contribution is 2.31. The van der Waals surface area contributed by atoms with Crippen molar-refractivity contribution in [3.8, 4) is 11.5 Å². The highest BCUT2D eigenvalue weighted by Gasteiger charge is 2.27. The smallest absolute Gasteiger partial charge is 0.269 e. The van der Waals surface area contributed by atoms with Crippen molar-refractivity contribution in [2.75, 3.05) is 43.1 Å². The van der Waals surface area contributed by atoms with Crippen molar-refractivity contribution in [3.05, 3.63) is 48.5 Å². The average Bonchev–Trinajstić information content (AvgIpc) is 2.69. The molecule has 2 aliphatic rings. The van der Waals surface area contributed by atoms with E-state index >= 15 is 0 Å². The zero-order chi connectivity index (χ0) is 17.1. The zero-order valence-electron chi connectivity index (χ0n) is 13.8. The summed E-state index contributed by atoms with van der Waals surface area (Å²) in [5.74, 6) is 1.05. The van der Waals surface area contributed by atoms with Gasteiger partial charge in [-0.05, 0) is 36.4 Å². The number of anilines is 2. The van der Waals surface area contributed by atoms with Gasteiger partial charge in [0.2, 0.25) is 6.10 Å². The molecule has 1 atom stereocenters. The van der Waals surface area contributed by atoms with E-state index in [-0.39, 0.29) is 12.5 Å². The van der Waals surface area contributed by atoms with Gasteiger partial charge >= 0.3 is 0 Å². The Labute approximate surface area is 146 Å². The number of morpholine rings is 1.